The van der Waals surface area contributed by atoms with Crippen LogP contribution < -0.4 is 0 Å². The summed E-state index contributed by atoms with van der Waals surface area (Å²) >= 11 is 7.54. The Morgan fingerprint density at radius 3 is 2.81 bits per heavy atom. The lowest BCUT2D eigenvalue weighted by Gasteiger charge is -2.24. The number of thiophene rings is 1. The van der Waals surface area contributed by atoms with Gasteiger partial charge in [0.15, 0.2) is 0 Å². The van der Waals surface area contributed by atoms with Crippen LogP contribution >= 0.6 is 23.6 Å². The van der Waals surface area contributed by atoms with Gasteiger partial charge < -0.3 is 4.74 Å². The number of rotatable bonds is 7. The molecule has 2 aromatic heterocycles. The Kier molecular flexibility index (Phi) is 5.83. The van der Waals surface area contributed by atoms with Crippen LogP contribution in [0.1, 0.15) is 23.5 Å². The molecule has 0 amide bonds. The highest BCUT2D eigenvalue weighted by atomic mass is 32.1. The molecule has 0 N–H and O–H groups in total. The molecule has 0 aliphatic carbocycles. The standard InChI is InChI=1S/C20H24N4OS2/c1-16-21-23(20(26)24(16)17-7-3-2-4-8-17)15-22(13-18-9-5-11-25-18)14-19-10-6-12-27-19/h2-4,6-8,10,12,18H,5,9,11,13-15H2,1H3. The first-order valence-corrected chi connectivity index (χ1v) is 10.6. The first kappa shape index (κ1) is 18.6. The summed E-state index contributed by atoms with van der Waals surface area (Å²) in [5.74, 6) is 0.902. The van der Waals surface area contributed by atoms with Gasteiger partial charge in [-0.3, -0.25) is 9.47 Å². The van der Waals surface area contributed by atoms with Gasteiger partial charge in [0, 0.05) is 30.3 Å². The minimum atomic E-state index is 0.302. The average molecular weight is 401 g/mol. The molecular weight excluding hydrogens is 376 g/mol. The molecule has 1 fully saturated rings. The van der Waals surface area contributed by atoms with Gasteiger partial charge in [-0.25, -0.2) is 4.68 Å². The van der Waals surface area contributed by atoms with Gasteiger partial charge in [0.25, 0.3) is 0 Å². The number of nitrogens with zero attached hydrogens (tertiary/aromatic N) is 4. The first-order valence-electron chi connectivity index (χ1n) is 9.29. The van der Waals surface area contributed by atoms with E-state index in [4.69, 9.17) is 22.1 Å². The van der Waals surface area contributed by atoms with Crippen molar-refractivity contribution in [3.63, 3.8) is 0 Å². The molecule has 0 radical (unpaired) electrons. The molecule has 1 aliphatic heterocycles. The van der Waals surface area contributed by atoms with Gasteiger partial charge in [0.05, 0.1) is 12.8 Å². The zero-order valence-electron chi connectivity index (χ0n) is 15.5. The van der Waals surface area contributed by atoms with Crippen molar-refractivity contribution in [2.45, 2.75) is 39.1 Å². The van der Waals surface area contributed by atoms with Crippen molar-refractivity contribution < 1.29 is 4.74 Å². The second-order valence-corrected chi connectivity index (χ2v) is 8.26. The lowest BCUT2D eigenvalue weighted by Crippen LogP contribution is -2.33. The molecule has 0 bridgehead atoms. The first-order chi connectivity index (χ1) is 13.2. The van der Waals surface area contributed by atoms with Gasteiger partial charge in [-0.15, -0.1) is 11.3 Å². The fourth-order valence-corrected chi connectivity index (χ4v) is 4.63. The normalized spacial score (nSPS) is 17.0. The Morgan fingerprint density at radius 2 is 2.11 bits per heavy atom. The van der Waals surface area contributed by atoms with Crippen LogP contribution in [0, 0.1) is 11.7 Å². The molecule has 1 saturated heterocycles. The second-order valence-electron chi connectivity index (χ2n) is 6.87. The number of ether oxygens (including phenoxy) is 1. The van der Waals surface area contributed by atoms with Crippen molar-refractivity contribution in [1.82, 2.24) is 19.2 Å². The zero-order chi connectivity index (χ0) is 18.6. The van der Waals surface area contributed by atoms with Crippen LogP contribution in [0.25, 0.3) is 5.69 Å². The largest absolute Gasteiger partial charge is 0.377 e. The van der Waals surface area contributed by atoms with Crippen LogP contribution in [0.5, 0.6) is 0 Å². The smallest absolute Gasteiger partial charge is 0.203 e. The maximum absolute atomic E-state index is 5.87. The molecule has 3 heterocycles. The third-order valence-electron chi connectivity index (χ3n) is 4.79. The summed E-state index contributed by atoms with van der Waals surface area (Å²) in [7, 11) is 0. The molecular formula is C20H24N4OS2. The Labute approximate surface area is 168 Å². The molecule has 0 saturated carbocycles. The Balaban J connectivity index is 1.57. The molecule has 1 atom stereocenters. The van der Waals surface area contributed by atoms with Crippen molar-refractivity contribution in [2.24, 2.45) is 0 Å². The topological polar surface area (TPSA) is 35.2 Å². The summed E-state index contributed by atoms with van der Waals surface area (Å²) < 4.78 is 10.6. The Morgan fingerprint density at radius 1 is 1.26 bits per heavy atom. The molecule has 27 heavy (non-hydrogen) atoms. The maximum atomic E-state index is 5.87. The van der Waals surface area contributed by atoms with Gasteiger partial charge in [0.2, 0.25) is 4.77 Å². The molecule has 142 valence electrons. The second kappa shape index (κ2) is 8.48. The van der Waals surface area contributed by atoms with Crippen LogP contribution in [-0.2, 0) is 18.0 Å². The molecule has 3 aromatic rings. The fraction of sp³-hybridized carbons (Fsp3) is 0.400. The van der Waals surface area contributed by atoms with Gasteiger partial charge in [-0.05, 0) is 55.6 Å². The van der Waals surface area contributed by atoms with E-state index >= 15 is 0 Å². The van der Waals surface area contributed by atoms with E-state index in [1.807, 2.05) is 34.4 Å². The van der Waals surface area contributed by atoms with Gasteiger partial charge in [0.1, 0.15) is 5.82 Å². The Hall–Kier alpha value is -1.80. The third-order valence-corrected chi connectivity index (χ3v) is 6.05. The molecule has 7 heteroatoms. The molecule has 4 rings (SSSR count). The van der Waals surface area contributed by atoms with Gasteiger partial charge in [-0.2, -0.15) is 5.10 Å². The number of hydrogen-bond donors (Lipinski definition) is 0. The third kappa shape index (κ3) is 4.38. The zero-order valence-corrected chi connectivity index (χ0v) is 17.1. The number of hydrogen-bond acceptors (Lipinski definition) is 5. The van der Waals surface area contributed by atoms with Gasteiger partial charge in [-0.1, -0.05) is 24.3 Å². The molecule has 1 aromatic carbocycles. The van der Waals surface area contributed by atoms with Crippen LogP contribution in [0.3, 0.4) is 0 Å². The predicted octanol–water partition coefficient (Wildman–Crippen LogP) is 4.41. The van der Waals surface area contributed by atoms with E-state index in [1.54, 1.807) is 11.3 Å². The summed E-state index contributed by atoms with van der Waals surface area (Å²) in [4.78, 5) is 3.73. The number of para-hydroxylation sites is 1. The monoisotopic (exact) mass is 400 g/mol. The lowest BCUT2D eigenvalue weighted by atomic mass is 10.2. The summed E-state index contributed by atoms with van der Waals surface area (Å²) in [6, 6.07) is 14.5. The van der Waals surface area contributed by atoms with Crippen molar-refractivity contribution in [2.75, 3.05) is 13.2 Å². The Bertz CT molecular complexity index is 911. The van der Waals surface area contributed by atoms with E-state index in [2.05, 4.69) is 34.5 Å². The predicted molar refractivity (Wildman–Crippen MR) is 111 cm³/mol. The van der Waals surface area contributed by atoms with E-state index in [9.17, 15) is 0 Å². The minimum Gasteiger partial charge on any atom is -0.377 e. The summed E-state index contributed by atoms with van der Waals surface area (Å²) in [6.45, 7) is 5.33. The number of benzene rings is 1. The van der Waals surface area contributed by atoms with Crippen LogP contribution in [0.2, 0.25) is 0 Å². The molecule has 0 spiro atoms. The van der Waals surface area contributed by atoms with Crippen LogP contribution in [-0.4, -0.2) is 38.5 Å². The maximum Gasteiger partial charge on any atom is 0.203 e. The molecule has 1 aliphatic rings. The van der Waals surface area contributed by atoms with E-state index in [0.29, 0.717) is 12.8 Å². The van der Waals surface area contributed by atoms with Crippen molar-refractivity contribution in [3.8, 4) is 5.69 Å². The van der Waals surface area contributed by atoms with Crippen LogP contribution in [0.4, 0.5) is 0 Å². The van der Waals surface area contributed by atoms with Crippen LogP contribution in [0.15, 0.2) is 47.8 Å². The fourth-order valence-electron chi connectivity index (χ4n) is 3.54. The quantitative estimate of drug-likeness (QED) is 0.550. The van der Waals surface area contributed by atoms with Crippen molar-refractivity contribution in [3.05, 3.63) is 63.3 Å². The lowest BCUT2D eigenvalue weighted by molar-refractivity contribution is 0.0571. The number of aryl methyl sites for hydroxylation is 1. The van der Waals surface area contributed by atoms with E-state index < -0.39 is 0 Å². The molecule has 1 unspecified atom stereocenters. The summed E-state index contributed by atoms with van der Waals surface area (Å²) in [5, 5.41) is 6.85. The van der Waals surface area contributed by atoms with E-state index in [1.165, 1.54) is 4.88 Å². The van der Waals surface area contributed by atoms with Gasteiger partial charge >= 0.3 is 0 Å². The van der Waals surface area contributed by atoms with E-state index in [0.717, 1.165) is 48.8 Å². The SMILES string of the molecule is Cc1nn(CN(Cc2cccs2)CC2CCCO2)c(=S)n1-c1ccccc1. The van der Waals surface area contributed by atoms with E-state index in [-0.39, 0.29) is 0 Å². The highest BCUT2D eigenvalue weighted by molar-refractivity contribution is 7.71. The highest BCUT2D eigenvalue weighted by Crippen LogP contribution is 2.19. The average Bonchev–Trinajstić information content (AvgIpc) is 3.40. The highest BCUT2D eigenvalue weighted by Gasteiger charge is 2.21. The number of aromatic nitrogens is 3. The summed E-state index contributed by atoms with van der Waals surface area (Å²) in [6.07, 6.45) is 2.58. The van der Waals surface area contributed by atoms with Crippen molar-refractivity contribution in [1.29, 1.82) is 0 Å². The minimum absolute atomic E-state index is 0.302. The molecule has 5 nitrogen and oxygen atoms in total. The van der Waals surface area contributed by atoms with Crippen molar-refractivity contribution >= 4 is 23.6 Å². The summed E-state index contributed by atoms with van der Waals surface area (Å²) in [5.41, 5.74) is 1.05.